The summed E-state index contributed by atoms with van der Waals surface area (Å²) in [4.78, 5) is 16.5. The molecule has 0 aliphatic carbocycles. The Hall–Kier alpha value is -0.920. The molecule has 1 amide bonds. The summed E-state index contributed by atoms with van der Waals surface area (Å²) in [6.45, 7) is 3.54. The molecule has 0 radical (unpaired) electrons. The van der Waals surface area contributed by atoms with Crippen LogP contribution in [0.15, 0.2) is 0 Å². The van der Waals surface area contributed by atoms with Crippen molar-refractivity contribution >= 4 is 28.3 Å². The number of hydrogen-bond acceptors (Lipinski definition) is 4. The number of carbonyl (C=O) groups excluding carboxylic acids is 1. The van der Waals surface area contributed by atoms with Crippen molar-refractivity contribution in [1.29, 1.82) is 0 Å². The second-order valence-corrected chi connectivity index (χ2v) is 7.64. The van der Waals surface area contributed by atoms with Gasteiger partial charge in [-0.2, -0.15) is 5.10 Å². The third kappa shape index (κ3) is 3.00. The van der Waals surface area contributed by atoms with Crippen molar-refractivity contribution in [3.05, 3.63) is 16.4 Å². The lowest BCUT2D eigenvalue weighted by Crippen LogP contribution is -2.42. The van der Waals surface area contributed by atoms with Gasteiger partial charge in [0.15, 0.2) is 5.69 Å². The number of nitrogens with zero attached hydrogens (tertiary/aromatic N) is 4. The van der Waals surface area contributed by atoms with Crippen LogP contribution in [0, 0.1) is 0 Å². The van der Waals surface area contributed by atoms with E-state index in [9.17, 15) is 9.00 Å². The maximum Gasteiger partial charge on any atom is 0.275 e. The maximum atomic E-state index is 12.6. The molecule has 6 nitrogen and oxygen atoms in total. The van der Waals surface area contributed by atoms with E-state index in [0.717, 1.165) is 25.2 Å². The van der Waals surface area contributed by atoms with Crippen molar-refractivity contribution in [2.45, 2.75) is 19.5 Å². The molecule has 0 spiro atoms. The van der Waals surface area contributed by atoms with Crippen LogP contribution in [0.3, 0.4) is 0 Å². The molecule has 0 saturated carbocycles. The molecule has 21 heavy (non-hydrogen) atoms. The normalized spacial score (nSPS) is 21.1. The summed E-state index contributed by atoms with van der Waals surface area (Å²) in [5.74, 6) is 0.944. The third-order valence-electron chi connectivity index (χ3n) is 3.99. The van der Waals surface area contributed by atoms with Gasteiger partial charge in [-0.05, 0) is 13.5 Å². The molecule has 3 heterocycles. The van der Waals surface area contributed by atoms with Gasteiger partial charge in [-0.25, -0.2) is 0 Å². The fraction of sp³-hybridized carbons (Fsp3) is 0.692. The van der Waals surface area contributed by atoms with Crippen LogP contribution in [0.25, 0.3) is 0 Å². The lowest BCUT2D eigenvalue weighted by atomic mass is 10.3. The van der Waals surface area contributed by atoms with Gasteiger partial charge in [0.2, 0.25) is 0 Å². The van der Waals surface area contributed by atoms with Crippen molar-refractivity contribution in [1.82, 2.24) is 19.6 Å². The van der Waals surface area contributed by atoms with Crippen molar-refractivity contribution < 1.29 is 9.00 Å². The summed E-state index contributed by atoms with van der Waals surface area (Å²) in [6.07, 6.45) is 0.998. The molecule has 0 aromatic carbocycles. The number of carbonyl (C=O) groups is 1. The van der Waals surface area contributed by atoms with Crippen LogP contribution >= 0.6 is 11.6 Å². The molecular formula is C13H19ClN4O2S. The largest absolute Gasteiger partial charge is 0.335 e. The SMILES string of the molecule is CN1CCCn2nc(C(=O)N3CCS(=O)CC3)c(Cl)c2C1. The molecule has 1 fully saturated rings. The summed E-state index contributed by atoms with van der Waals surface area (Å²) in [7, 11) is 1.24. The zero-order valence-corrected chi connectivity index (χ0v) is 13.6. The Bertz CT molecular complexity index is 579. The molecule has 116 valence electrons. The van der Waals surface area contributed by atoms with Crippen molar-refractivity contribution in [3.8, 4) is 0 Å². The number of aromatic nitrogens is 2. The summed E-state index contributed by atoms with van der Waals surface area (Å²) in [5.41, 5.74) is 1.26. The molecule has 1 aromatic rings. The van der Waals surface area contributed by atoms with Crippen LogP contribution in [-0.2, 0) is 23.9 Å². The topological polar surface area (TPSA) is 58.4 Å². The van der Waals surface area contributed by atoms with E-state index in [1.807, 2.05) is 11.7 Å². The van der Waals surface area contributed by atoms with Gasteiger partial charge in [0.05, 0.1) is 10.7 Å². The first kappa shape index (κ1) is 15.0. The minimum atomic E-state index is -0.798. The fourth-order valence-corrected chi connectivity index (χ4v) is 4.09. The highest BCUT2D eigenvalue weighted by Gasteiger charge is 2.28. The average Bonchev–Trinajstić information content (AvgIpc) is 2.66. The number of amides is 1. The van der Waals surface area contributed by atoms with E-state index in [1.165, 1.54) is 0 Å². The maximum absolute atomic E-state index is 12.6. The fourth-order valence-electron chi connectivity index (χ4n) is 2.76. The van der Waals surface area contributed by atoms with Gasteiger partial charge < -0.3 is 9.80 Å². The first-order chi connectivity index (χ1) is 10.1. The molecule has 1 aromatic heterocycles. The van der Waals surface area contributed by atoms with Crippen LogP contribution in [-0.4, -0.2) is 67.9 Å². The van der Waals surface area contributed by atoms with Crippen molar-refractivity contribution in [2.24, 2.45) is 0 Å². The zero-order chi connectivity index (χ0) is 15.0. The molecule has 8 heteroatoms. The van der Waals surface area contributed by atoms with Crippen LogP contribution in [0.1, 0.15) is 22.6 Å². The van der Waals surface area contributed by atoms with Crippen LogP contribution in [0.4, 0.5) is 0 Å². The lowest BCUT2D eigenvalue weighted by molar-refractivity contribution is 0.0764. The lowest BCUT2D eigenvalue weighted by Gasteiger charge is -2.25. The van der Waals surface area contributed by atoms with Crippen LogP contribution in [0.2, 0.25) is 5.02 Å². The van der Waals surface area contributed by atoms with E-state index < -0.39 is 10.8 Å². The molecule has 2 aliphatic heterocycles. The van der Waals surface area contributed by atoms with E-state index >= 15 is 0 Å². The Balaban J connectivity index is 1.84. The van der Waals surface area contributed by atoms with Gasteiger partial charge in [-0.3, -0.25) is 13.7 Å². The molecule has 0 unspecified atom stereocenters. The Kier molecular flexibility index (Phi) is 4.33. The Morgan fingerprint density at radius 3 is 2.67 bits per heavy atom. The Morgan fingerprint density at radius 1 is 1.24 bits per heavy atom. The predicted octanol–water partition coefficient (Wildman–Crippen LogP) is 0.577. The molecular weight excluding hydrogens is 312 g/mol. The average molecular weight is 331 g/mol. The minimum absolute atomic E-state index is 0.139. The molecule has 0 bridgehead atoms. The first-order valence-electron chi connectivity index (χ1n) is 7.14. The minimum Gasteiger partial charge on any atom is -0.335 e. The molecule has 0 atom stereocenters. The monoisotopic (exact) mass is 330 g/mol. The van der Waals surface area contributed by atoms with E-state index in [0.29, 0.717) is 41.9 Å². The van der Waals surface area contributed by atoms with Gasteiger partial charge in [0.1, 0.15) is 0 Å². The highest BCUT2D eigenvalue weighted by Crippen LogP contribution is 2.25. The second kappa shape index (κ2) is 6.06. The zero-order valence-electron chi connectivity index (χ0n) is 12.0. The number of hydrogen-bond donors (Lipinski definition) is 0. The molecule has 2 aliphatic rings. The molecule has 1 saturated heterocycles. The van der Waals surface area contributed by atoms with Crippen LogP contribution in [0.5, 0.6) is 0 Å². The standard InChI is InChI=1S/C13H19ClN4O2S/c1-16-3-2-4-18-10(9-16)11(14)12(15-18)13(19)17-5-7-21(20)8-6-17/h2-9H2,1H3. The first-order valence-corrected chi connectivity index (χ1v) is 9.01. The van der Waals surface area contributed by atoms with Gasteiger partial charge in [0.25, 0.3) is 5.91 Å². The van der Waals surface area contributed by atoms with Gasteiger partial charge in [-0.1, -0.05) is 11.6 Å². The number of halogens is 1. The Morgan fingerprint density at radius 2 is 1.95 bits per heavy atom. The van der Waals surface area contributed by atoms with E-state index in [2.05, 4.69) is 10.00 Å². The number of aryl methyl sites for hydroxylation is 1. The summed E-state index contributed by atoms with van der Waals surface area (Å²) < 4.78 is 13.3. The summed E-state index contributed by atoms with van der Waals surface area (Å²) >= 11 is 6.41. The highest BCUT2D eigenvalue weighted by molar-refractivity contribution is 7.85. The van der Waals surface area contributed by atoms with Gasteiger partial charge in [-0.15, -0.1) is 0 Å². The van der Waals surface area contributed by atoms with Crippen molar-refractivity contribution in [3.63, 3.8) is 0 Å². The molecule has 3 rings (SSSR count). The van der Waals surface area contributed by atoms with Gasteiger partial charge in [0, 0.05) is 55.0 Å². The number of rotatable bonds is 1. The quantitative estimate of drug-likeness (QED) is 0.755. The van der Waals surface area contributed by atoms with Gasteiger partial charge >= 0.3 is 0 Å². The van der Waals surface area contributed by atoms with E-state index in [1.54, 1.807) is 4.90 Å². The Labute approximate surface area is 131 Å². The van der Waals surface area contributed by atoms with E-state index in [-0.39, 0.29) is 5.91 Å². The van der Waals surface area contributed by atoms with E-state index in [4.69, 9.17) is 11.6 Å². The summed E-state index contributed by atoms with van der Waals surface area (Å²) in [6, 6.07) is 0. The van der Waals surface area contributed by atoms with Crippen molar-refractivity contribution in [2.75, 3.05) is 38.2 Å². The smallest absolute Gasteiger partial charge is 0.275 e. The predicted molar refractivity (Wildman–Crippen MR) is 82.0 cm³/mol. The third-order valence-corrected chi connectivity index (χ3v) is 5.66. The highest BCUT2D eigenvalue weighted by atomic mass is 35.5. The second-order valence-electron chi connectivity index (χ2n) is 5.56. The number of fused-ring (bicyclic) bond motifs is 1. The molecule has 0 N–H and O–H groups in total. The summed E-state index contributed by atoms with van der Waals surface area (Å²) in [5, 5.41) is 4.90. The van der Waals surface area contributed by atoms with Crippen LogP contribution < -0.4 is 0 Å².